The van der Waals surface area contributed by atoms with E-state index in [-0.39, 0.29) is 24.2 Å². The molecule has 1 saturated heterocycles. The molecule has 1 fully saturated rings. The molecule has 1 aliphatic heterocycles. The molecule has 1 aromatic heterocycles. The van der Waals surface area contributed by atoms with Crippen LogP contribution in [0.5, 0.6) is 0 Å². The van der Waals surface area contributed by atoms with Gasteiger partial charge in [0.2, 0.25) is 11.8 Å². The summed E-state index contributed by atoms with van der Waals surface area (Å²) in [6.07, 6.45) is 0.198. The van der Waals surface area contributed by atoms with E-state index in [1.165, 1.54) is 0 Å². The Balaban J connectivity index is 1.75. The summed E-state index contributed by atoms with van der Waals surface area (Å²) in [5.74, 6) is -0.0000537. The largest absolute Gasteiger partial charge is 0.383 e. The molecular weight excluding hydrogens is 364 g/mol. The summed E-state index contributed by atoms with van der Waals surface area (Å²) in [4.78, 5) is 26.0. The lowest BCUT2D eigenvalue weighted by Gasteiger charge is -2.14. The molecule has 8 heteroatoms. The lowest BCUT2D eigenvalue weighted by atomic mass is 10.1. The lowest BCUT2D eigenvalue weighted by molar-refractivity contribution is -0.126. The average Bonchev–Trinajstić information content (AvgIpc) is 3.10. The van der Waals surface area contributed by atoms with Crippen LogP contribution in [0.4, 0.5) is 5.82 Å². The molecule has 7 nitrogen and oxygen atoms in total. The number of aromatic nitrogens is 2. The molecule has 0 aliphatic carbocycles. The summed E-state index contributed by atoms with van der Waals surface area (Å²) in [5.41, 5.74) is 0.843. The zero-order chi connectivity index (χ0) is 16.4. The van der Waals surface area contributed by atoms with Gasteiger partial charge in [0.05, 0.1) is 18.0 Å². The molecule has 2 aromatic rings. The van der Waals surface area contributed by atoms with E-state index in [4.69, 9.17) is 4.74 Å². The van der Waals surface area contributed by atoms with E-state index < -0.39 is 0 Å². The molecular formula is C15H17BrN4O3. The van der Waals surface area contributed by atoms with E-state index >= 15 is 0 Å². The number of nitrogens with zero attached hydrogens (tertiary/aromatic N) is 2. The molecule has 0 unspecified atom stereocenters. The molecule has 0 radical (unpaired) electrons. The van der Waals surface area contributed by atoms with Gasteiger partial charge in [0, 0.05) is 36.5 Å². The summed E-state index contributed by atoms with van der Waals surface area (Å²) in [6, 6.07) is 5.70. The van der Waals surface area contributed by atoms with Crippen LogP contribution in [0.15, 0.2) is 22.7 Å². The van der Waals surface area contributed by atoms with Gasteiger partial charge >= 0.3 is 0 Å². The highest BCUT2D eigenvalue weighted by Gasteiger charge is 2.36. The van der Waals surface area contributed by atoms with Gasteiger partial charge in [0.1, 0.15) is 0 Å². The summed E-state index contributed by atoms with van der Waals surface area (Å²) >= 11 is 3.40. The maximum atomic E-state index is 12.3. The second-order valence-electron chi connectivity index (χ2n) is 5.43. The fraction of sp³-hybridized carbons (Fsp3) is 0.400. The first-order valence-electron chi connectivity index (χ1n) is 7.31. The number of hydrogen-bond acceptors (Lipinski definition) is 4. The number of hydrogen-bond donors (Lipinski definition) is 2. The van der Waals surface area contributed by atoms with Gasteiger partial charge in [-0.15, -0.1) is 0 Å². The van der Waals surface area contributed by atoms with Gasteiger partial charge in [-0.3, -0.25) is 19.6 Å². The molecule has 2 N–H and O–H groups in total. The zero-order valence-electron chi connectivity index (χ0n) is 12.6. The van der Waals surface area contributed by atoms with Crippen LogP contribution in [-0.4, -0.2) is 48.8 Å². The third kappa shape index (κ3) is 3.23. The standard InChI is InChI=1S/C15H17BrN4O3/c1-23-5-4-17-15(22)9-6-13(21)20(8-9)14-11-3-2-10(16)7-12(11)18-19-14/h2-3,7,9H,4-6,8H2,1H3,(H,17,22)(H,18,19)/t9-/m1/s1. The Bertz CT molecular complexity index is 745. The van der Waals surface area contributed by atoms with Crippen molar-refractivity contribution in [3.63, 3.8) is 0 Å². The fourth-order valence-corrected chi connectivity index (χ4v) is 3.05. The van der Waals surface area contributed by atoms with Crippen molar-refractivity contribution in [2.75, 3.05) is 31.7 Å². The van der Waals surface area contributed by atoms with Crippen molar-refractivity contribution in [2.45, 2.75) is 6.42 Å². The van der Waals surface area contributed by atoms with Crippen molar-refractivity contribution in [1.29, 1.82) is 0 Å². The van der Waals surface area contributed by atoms with Crippen molar-refractivity contribution < 1.29 is 14.3 Å². The Labute approximate surface area is 141 Å². The highest BCUT2D eigenvalue weighted by atomic mass is 79.9. The van der Waals surface area contributed by atoms with Gasteiger partial charge in [-0.1, -0.05) is 15.9 Å². The number of ether oxygens (including phenoxy) is 1. The highest BCUT2D eigenvalue weighted by molar-refractivity contribution is 9.10. The molecule has 0 saturated carbocycles. The summed E-state index contributed by atoms with van der Waals surface area (Å²) in [7, 11) is 1.58. The molecule has 0 spiro atoms. The molecule has 1 aromatic carbocycles. The van der Waals surface area contributed by atoms with E-state index in [0.29, 0.717) is 25.5 Å². The van der Waals surface area contributed by atoms with E-state index in [1.54, 1.807) is 12.0 Å². The Morgan fingerprint density at radius 2 is 2.39 bits per heavy atom. The highest BCUT2D eigenvalue weighted by Crippen LogP contribution is 2.31. The van der Waals surface area contributed by atoms with Crippen molar-refractivity contribution in [2.24, 2.45) is 5.92 Å². The van der Waals surface area contributed by atoms with Crippen LogP contribution in [0.3, 0.4) is 0 Å². The quantitative estimate of drug-likeness (QED) is 0.768. The van der Waals surface area contributed by atoms with Crippen LogP contribution in [0.25, 0.3) is 10.9 Å². The number of H-pyrrole nitrogens is 1. The molecule has 23 heavy (non-hydrogen) atoms. The number of amides is 2. The Morgan fingerprint density at radius 3 is 3.17 bits per heavy atom. The zero-order valence-corrected chi connectivity index (χ0v) is 14.2. The fourth-order valence-electron chi connectivity index (χ4n) is 2.69. The van der Waals surface area contributed by atoms with Gasteiger partial charge < -0.3 is 10.1 Å². The molecule has 2 amide bonds. The second-order valence-corrected chi connectivity index (χ2v) is 6.34. The third-order valence-corrected chi connectivity index (χ3v) is 4.35. The second kappa shape index (κ2) is 6.67. The minimum Gasteiger partial charge on any atom is -0.383 e. The van der Waals surface area contributed by atoms with Crippen LogP contribution in [0, 0.1) is 5.92 Å². The summed E-state index contributed by atoms with van der Waals surface area (Å²) in [5, 5.41) is 10.8. The predicted molar refractivity (Wildman–Crippen MR) is 89.1 cm³/mol. The number of carbonyl (C=O) groups excluding carboxylic acids is 2. The van der Waals surface area contributed by atoms with Crippen molar-refractivity contribution in [1.82, 2.24) is 15.5 Å². The number of nitrogens with one attached hydrogen (secondary N) is 2. The van der Waals surface area contributed by atoms with Crippen LogP contribution >= 0.6 is 15.9 Å². The van der Waals surface area contributed by atoms with E-state index in [0.717, 1.165) is 15.4 Å². The van der Waals surface area contributed by atoms with Gasteiger partial charge in [0.15, 0.2) is 5.82 Å². The molecule has 3 rings (SSSR count). The number of methoxy groups -OCH3 is 1. The number of anilines is 1. The molecule has 1 atom stereocenters. The van der Waals surface area contributed by atoms with Crippen LogP contribution < -0.4 is 10.2 Å². The van der Waals surface area contributed by atoms with Gasteiger partial charge in [-0.05, 0) is 18.2 Å². The number of rotatable bonds is 5. The van der Waals surface area contributed by atoms with Crippen LogP contribution in [0.2, 0.25) is 0 Å². The SMILES string of the molecule is COCCNC(=O)[C@@H]1CC(=O)N(c2n[nH]c3cc(Br)ccc23)C1. The maximum Gasteiger partial charge on any atom is 0.229 e. The topological polar surface area (TPSA) is 87.3 Å². The molecule has 0 bridgehead atoms. The minimum absolute atomic E-state index is 0.0896. The minimum atomic E-state index is -0.360. The number of aromatic amines is 1. The van der Waals surface area contributed by atoms with E-state index in [1.807, 2.05) is 18.2 Å². The molecule has 2 heterocycles. The van der Waals surface area contributed by atoms with E-state index in [9.17, 15) is 9.59 Å². The normalized spacial score (nSPS) is 17.9. The number of halogens is 1. The van der Waals surface area contributed by atoms with Gasteiger partial charge in [0.25, 0.3) is 0 Å². The lowest BCUT2D eigenvalue weighted by Crippen LogP contribution is -2.34. The van der Waals surface area contributed by atoms with Gasteiger partial charge in [-0.2, -0.15) is 5.10 Å². The maximum absolute atomic E-state index is 12.3. The molecule has 122 valence electrons. The van der Waals surface area contributed by atoms with Crippen molar-refractivity contribution in [3.05, 3.63) is 22.7 Å². The first kappa shape index (κ1) is 15.9. The Hall–Kier alpha value is -1.93. The van der Waals surface area contributed by atoms with Crippen LogP contribution in [-0.2, 0) is 14.3 Å². The number of fused-ring (bicyclic) bond motifs is 1. The monoisotopic (exact) mass is 380 g/mol. The van der Waals surface area contributed by atoms with Crippen molar-refractivity contribution in [3.8, 4) is 0 Å². The Kier molecular flexibility index (Phi) is 4.63. The predicted octanol–water partition coefficient (Wildman–Crippen LogP) is 1.44. The third-order valence-electron chi connectivity index (χ3n) is 3.86. The number of carbonyl (C=O) groups is 2. The van der Waals surface area contributed by atoms with Crippen LogP contribution in [0.1, 0.15) is 6.42 Å². The number of benzene rings is 1. The van der Waals surface area contributed by atoms with Crippen molar-refractivity contribution >= 4 is 44.5 Å². The molecule has 1 aliphatic rings. The summed E-state index contributed by atoms with van der Waals surface area (Å²) in [6.45, 7) is 1.24. The first-order valence-corrected chi connectivity index (χ1v) is 8.10. The van der Waals surface area contributed by atoms with E-state index in [2.05, 4.69) is 31.4 Å². The first-order chi connectivity index (χ1) is 11.1. The summed E-state index contributed by atoms with van der Waals surface area (Å²) < 4.78 is 5.84. The Morgan fingerprint density at radius 1 is 1.57 bits per heavy atom. The average molecular weight is 381 g/mol. The van der Waals surface area contributed by atoms with Gasteiger partial charge in [-0.25, -0.2) is 0 Å². The smallest absolute Gasteiger partial charge is 0.229 e.